The minimum Gasteiger partial charge on any atom is -0.444 e. The molecule has 2 aliphatic heterocycles. The summed E-state index contributed by atoms with van der Waals surface area (Å²) in [6.45, 7) is 8.46. The molecule has 6 heteroatoms. The molecule has 2 heterocycles. The number of carbonyl (C=O) groups is 2. The third-order valence-corrected chi connectivity index (χ3v) is 3.87. The highest BCUT2D eigenvalue weighted by atomic mass is 16.6. The molecule has 0 saturated carbocycles. The van der Waals surface area contributed by atoms with Gasteiger partial charge in [0.1, 0.15) is 5.60 Å². The van der Waals surface area contributed by atoms with Crippen LogP contribution in [0.3, 0.4) is 0 Å². The van der Waals surface area contributed by atoms with Gasteiger partial charge in [0.25, 0.3) is 0 Å². The average molecular weight is 297 g/mol. The van der Waals surface area contributed by atoms with Crippen LogP contribution in [0.15, 0.2) is 0 Å². The second-order valence-electron chi connectivity index (χ2n) is 6.85. The van der Waals surface area contributed by atoms with Crippen molar-refractivity contribution in [3.05, 3.63) is 0 Å². The van der Waals surface area contributed by atoms with Crippen LogP contribution in [0.5, 0.6) is 0 Å². The number of carbonyl (C=O) groups excluding carboxylic acids is 2. The average Bonchev–Trinajstić information content (AvgIpc) is 2.46. The number of piperidine rings is 1. The maximum atomic E-state index is 12.4. The van der Waals surface area contributed by atoms with E-state index in [-0.39, 0.29) is 17.9 Å². The van der Waals surface area contributed by atoms with Crippen molar-refractivity contribution < 1.29 is 14.3 Å². The first kappa shape index (κ1) is 16.1. The van der Waals surface area contributed by atoms with Gasteiger partial charge in [0.2, 0.25) is 5.91 Å². The summed E-state index contributed by atoms with van der Waals surface area (Å²) in [4.78, 5) is 26.1. The standard InChI is InChI=1S/C15H27N3O3/c1-15(2,3)21-14(20)17-10-6-12(7-11-17)13(19)18-9-5-4-8-16-18/h12,16H,4-11H2,1-3H3. The van der Waals surface area contributed by atoms with Crippen LogP contribution in [0, 0.1) is 5.92 Å². The van der Waals surface area contributed by atoms with Crippen LogP contribution in [0.2, 0.25) is 0 Å². The summed E-state index contributed by atoms with van der Waals surface area (Å²) in [6, 6.07) is 0. The molecule has 0 unspecified atom stereocenters. The van der Waals surface area contributed by atoms with E-state index in [1.54, 1.807) is 9.91 Å². The molecule has 1 N–H and O–H groups in total. The summed E-state index contributed by atoms with van der Waals surface area (Å²) in [6.07, 6.45) is 3.35. The molecule has 2 aliphatic rings. The minimum atomic E-state index is -0.471. The predicted octanol–water partition coefficient (Wildman–Crippen LogP) is 1.76. The fraction of sp³-hybridized carbons (Fsp3) is 0.867. The van der Waals surface area contributed by atoms with Crippen molar-refractivity contribution in [3.8, 4) is 0 Å². The Bertz CT molecular complexity index is 378. The second-order valence-corrected chi connectivity index (χ2v) is 6.85. The first-order valence-corrected chi connectivity index (χ1v) is 7.89. The number of hydrogen-bond acceptors (Lipinski definition) is 4. The fourth-order valence-electron chi connectivity index (χ4n) is 2.73. The third kappa shape index (κ3) is 4.59. The Morgan fingerprint density at radius 3 is 2.29 bits per heavy atom. The highest BCUT2D eigenvalue weighted by Gasteiger charge is 2.32. The molecule has 2 amide bonds. The van der Waals surface area contributed by atoms with Crippen molar-refractivity contribution in [1.29, 1.82) is 0 Å². The SMILES string of the molecule is CC(C)(C)OC(=O)N1CCC(C(=O)N2CCCCN2)CC1. The minimum absolute atomic E-state index is 0.0225. The second kappa shape index (κ2) is 6.64. The highest BCUT2D eigenvalue weighted by Crippen LogP contribution is 2.21. The van der Waals surface area contributed by atoms with Crippen LogP contribution < -0.4 is 5.43 Å². The van der Waals surface area contributed by atoms with Gasteiger partial charge in [-0.3, -0.25) is 9.80 Å². The zero-order valence-corrected chi connectivity index (χ0v) is 13.4. The molecular formula is C15H27N3O3. The smallest absolute Gasteiger partial charge is 0.410 e. The molecule has 0 aromatic heterocycles. The molecular weight excluding hydrogens is 270 g/mol. The number of rotatable bonds is 1. The zero-order chi connectivity index (χ0) is 15.5. The summed E-state index contributed by atoms with van der Waals surface area (Å²) in [5.74, 6) is 0.202. The van der Waals surface area contributed by atoms with Gasteiger partial charge in [-0.05, 0) is 46.5 Å². The first-order valence-electron chi connectivity index (χ1n) is 7.89. The van der Waals surface area contributed by atoms with Gasteiger partial charge >= 0.3 is 6.09 Å². The number of hydrazine groups is 1. The van der Waals surface area contributed by atoms with Crippen molar-refractivity contribution in [2.45, 2.75) is 52.1 Å². The predicted molar refractivity (Wildman–Crippen MR) is 79.5 cm³/mol. The van der Waals surface area contributed by atoms with Crippen molar-refractivity contribution in [1.82, 2.24) is 15.3 Å². The van der Waals surface area contributed by atoms with Crippen LogP contribution in [0.4, 0.5) is 4.79 Å². The van der Waals surface area contributed by atoms with Gasteiger partial charge < -0.3 is 9.64 Å². The van der Waals surface area contributed by atoms with E-state index in [0.29, 0.717) is 13.1 Å². The lowest BCUT2D eigenvalue weighted by Crippen LogP contribution is -2.51. The zero-order valence-electron chi connectivity index (χ0n) is 13.4. The monoisotopic (exact) mass is 297 g/mol. The van der Waals surface area contributed by atoms with E-state index >= 15 is 0 Å². The third-order valence-electron chi connectivity index (χ3n) is 3.87. The summed E-state index contributed by atoms with van der Waals surface area (Å²) < 4.78 is 5.37. The molecule has 0 atom stereocenters. The van der Waals surface area contributed by atoms with Gasteiger partial charge in [-0.15, -0.1) is 0 Å². The molecule has 0 aliphatic carbocycles. The maximum Gasteiger partial charge on any atom is 0.410 e. The molecule has 21 heavy (non-hydrogen) atoms. The van der Waals surface area contributed by atoms with Crippen molar-refractivity contribution in [3.63, 3.8) is 0 Å². The molecule has 2 fully saturated rings. The summed E-state index contributed by atoms with van der Waals surface area (Å²) in [7, 11) is 0. The molecule has 2 saturated heterocycles. The summed E-state index contributed by atoms with van der Waals surface area (Å²) in [5, 5.41) is 1.76. The van der Waals surface area contributed by atoms with Gasteiger partial charge in [-0.1, -0.05) is 0 Å². The van der Waals surface area contributed by atoms with Gasteiger partial charge in [0.15, 0.2) is 0 Å². The Morgan fingerprint density at radius 2 is 1.76 bits per heavy atom. The van der Waals surface area contributed by atoms with Crippen LogP contribution in [0.25, 0.3) is 0 Å². The number of amides is 2. The van der Waals surface area contributed by atoms with E-state index in [1.165, 1.54) is 0 Å². The maximum absolute atomic E-state index is 12.4. The Kier molecular flexibility index (Phi) is 5.08. The molecule has 0 aromatic carbocycles. The van der Waals surface area contributed by atoms with Crippen LogP contribution in [0.1, 0.15) is 46.5 Å². The van der Waals surface area contributed by atoms with E-state index in [9.17, 15) is 9.59 Å². The lowest BCUT2D eigenvalue weighted by molar-refractivity contribution is -0.141. The van der Waals surface area contributed by atoms with Crippen LogP contribution in [-0.2, 0) is 9.53 Å². The molecule has 120 valence electrons. The normalized spacial score (nSPS) is 21.3. The van der Waals surface area contributed by atoms with Crippen LogP contribution >= 0.6 is 0 Å². The number of hydrogen-bond donors (Lipinski definition) is 1. The Hall–Kier alpha value is -1.30. The van der Waals surface area contributed by atoms with E-state index in [1.807, 2.05) is 20.8 Å². The van der Waals surface area contributed by atoms with E-state index in [4.69, 9.17) is 4.74 Å². The number of likely N-dealkylation sites (tertiary alicyclic amines) is 1. The largest absolute Gasteiger partial charge is 0.444 e. The van der Waals surface area contributed by atoms with Crippen molar-refractivity contribution in [2.24, 2.45) is 5.92 Å². The molecule has 0 radical (unpaired) electrons. The van der Waals surface area contributed by atoms with Crippen LogP contribution in [-0.4, -0.2) is 53.7 Å². The highest BCUT2D eigenvalue weighted by molar-refractivity contribution is 5.79. The van der Waals surface area contributed by atoms with E-state index < -0.39 is 5.60 Å². The van der Waals surface area contributed by atoms with Gasteiger partial charge in [0, 0.05) is 32.1 Å². The molecule has 0 spiro atoms. The molecule has 2 rings (SSSR count). The quantitative estimate of drug-likeness (QED) is 0.801. The Morgan fingerprint density at radius 1 is 1.10 bits per heavy atom. The Balaban J connectivity index is 1.80. The lowest BCUT2D eigenvalue weighted by atomic mass is 9.95. The molecule has 0 bridgehead atoms. The number of nitrogens with one attached hydrogen (secondary N) is 1. The number of nitrogens with zero attached hydrogens (tertiary/aromatic N) is 2. The first-order chi connectivity index (χ1) is 9.87. The van der Waals surface area contributed by atoms with E-state index in [0.717, 1.165) is 38.8 Å². The number of ether oxygens (including phenoxy) is 1. The molecule has 0 aromatic rings. The van der Waals surface area contributed by atoms with Crippen molar-refractivity contribution >= 4 is 12.0 Å². The molecule has 6 nitrogen and oxygen atoms in total. The lowest BCUT2D eigenvalue weighted by Gasteiger charge is -2.36. The van der Waals surface area contributed by atoms with Gasteiger partial charge in [-0.25, -0.2) is 10.2 Å². The summed E-state index contributed by atoms with van der Waals surface area (Å²) >= 11 is 0. The summed E-state index contributed by atoms with van der Waals surface area (Å²) in [5.41, 5.74) is 2.69. The van der Waals surface area contributed by atoms with Gasteiger partial charge in [0.05, 0.1) is 0 Å². The van der Waals surface area contributed by atoms with E-state index in [2.05, 4.69) is 5.43 Å². The van der Waals surface area contributed by atoms with Gasteiger partial charge in [-0.2, -0.15) is 0 Å². The Labute approximate surface area is 126 Å². The fourth-order valence-corrected chi connectivity index (χ4v) is 2.73. The topological polar surface area (TPSA) is 61.9 Å². The van der Waals surface area contributed by atoms with Crippen molar-refractivity contribution in [2.75, 3.05) is 26.2 Å².